The monoisotopic (exact) mass is 469 g/mol. The molecule has 176 valence electrons. The van der Waals surface area contributed by atoms with Gasteiger partial charge in [-0.3, -0.25) is 19.0 Å². The Bertz CT molecular complexity index is 1440. The standard InChI is InChI=1S/C27H24FN5O2/c1-29-26(35)24-23(16-5-8-18(28)9-6-16)31-22-10-7-17(15-33(22)24)19-14-20(19)25(34)32-27(11-12-27)21-4-2-3-13-30-21/h2-10,13,15,19-20H,11-12,14H2,1H3,(H,29,35)(H,32,34)/t19-,20-/m1/s1. The van der Waals surface area contributed by atoms with E-state index in [0.29, 0.717) is 22.6 Å². The molecule has 0 spiro atoms. The first kappa shape index (κ1) is 21.5. The van der Waals surface area contributed by atoms with Crippen molar-refractivity contribution in [2.45, 2.75) is 30.7 Å². The van der Waals surface area contributed by atoms with E-state index >= 15 is 0 Å². The maximum absolute atomic E-state index is 13.4. The van der Waals surface area contributed by atoms with Crippen molar-refractivity contribution in [3.05, 3.63) is 89.8 Å². The third kappa shape index (κ3) is 3.75. The van der Waals surface area contributed by atoms with E-state index in [1.807, 2.05) is 36.5 Å². The van der Waals surface area contributed by atoms with Gasteiger partial charge in [0.15, 0.2) is 0 Å². The molecule has 2 aliphatic carbocycles. The van der Waals surface area contributed by atoms with E-state index in [2.05, 4.69) is 20.6 Å². The van der Waals surface area contributed by atoms with Crippen LogP contribution in [-0.4, -0.2) is 33.2 Å². The Kier molecular flexibility index (Phi) is 4.91. The summed E-state index contributed by atoms with van der Waals surface area (Å²) in [6, 6.07) is 15.5. The van der Waals surface area contributed by atoms with Gasteiger partial charge in [0.2, 0.25) is 5.91 Å². The molecule has 2 atom stereocenters. The number of halogens is 1. The average Bonchev–Trinajstić information content (AvgIpc) is 3.81. The molecule has 1 aromatic carbocycles. The number of nitrogens with one attached hydrogen (secondary N) is 2. The molecular formula is C27H24FN5O2. The van der Waals surface area contributed by atoms with Gasteiger partial charge in [0.1, 0.15) is 22.9 Å². The van der Waals surface area contributed by atoms with E-state index < -0.39 is 0 Å². The zero-order valence-electron chi connectivity index (χ0n) is 19.2. The van der Waals surface area contributed by atoms with Gasteiger partial charge in [-0.05, 0) is 73.2 Å². The van der Waals surface area contributed by atoms with Crippen LogP contribution in [0.15, 0.2) is 67.0 Å². The first-order valence-corrected chi connectivity index (χ1v) is 11.7. The number of carbonyl (C=O) groups is 2. The molecule has 2 amide bonds. The molecule has 0 unspecified atom stereocenters. The molecule has 0 radical (unpaired) electrons. The summed E-state index contributed by atoms with van der Waals surface area (Å²) >= 11 is 0. The fraction of sp³-hybridized carbons (Fsp3) is 0.259. The number of imidazole rings is 1. The Morgan fingerprint density at radius 3 is 2.57 bits per heavy atom. The Balaban J connectivity index is 1.28. The molecular weight excluding hydrogens is 445 g/mol. The summed E-state index contributed by atoms with van der Waals surface area (Å²) < 4.78 is 15.2. The highest BCUT2D eigenvalue weighted by Gasteiger charge is 2.51. The lowest BCUT2D eigenvalue weighted by Crippen LogP contribution is -2.36. The Morgan fingerprint density at radius 1 is 1.09 bits per heavy atom. The largest absolute Gasteiger partial charge is 0.354 e. The lowest BCUT2D eigenvalue weighted by atomic mass is 10.1. The smallest absolute Gasteiger partial charge is 0.270 e. The maximum Gasteiger partial charge on any atom is 0.270 e. The van der Waals surface area contributed by atoms with E-state index in [1.54, 1.807) is 29.8 Å². The number of hydrogen-bond acceptors (Lipinski definition) is 4. The number of aromatic nitrogens is 3. The molecule has 3 heterocycles. The lowest BCUT2D eigenvalue weighted by Gasteiger charge is -2.17. The fourth-order valence-electron chi connectivity index (χ4n) is 4.82. The van der Waals surface area contributed by atoms with Crippen molar-refractivity contribution in [2.75, 3.05) is 7.05 Å². The van der Waals surface area contributed by atoms with Crippen LogP contribution in [0.25, 0.3) is 16.9 Å². The van der Waals surface area contributed by atoms with Crippen LogP contribution >= 0.6 is 0 Å². The molecule has 2 aliphatic rings. The summed E-state index contributed by atoms with van der Waals surface area (Å²) in [4.78, 5) is 34.9. The van der Waals surface area contributed by atoms with Crippen molar-refractivity contribution in [1.82, 2.24) is 25.0 Å². The molecule has 6 rings (SSSR count). The minimum Gasteiger partial charge on any atom is -0.354 e. The highest BCUT2D eigenvalue weighted by Crippen LogP contribution is 2.50. The number of rotatable bonds is 6. The summed E-state index contributed by atoms with van der Waals surface area (Å²) in [5, 5.41) is 5.91. The minimum atomic E-state index is -0.352. The molecule has 2 saturated carbocycles. The summed E-state index contributed by atoms with van der Waals surface area (Å²) in [6.07, 6.45) is 6.20. The van der Waals surface area contributed by atoms with Crippen molar-refractivity contribution < 1.29 is 14.0 Å². The molecule has 35 heavy (non-hydrogen) atoms. The van der Waals surface area contributed by atoms with Crippen LogP contribution in [0, 0.1) is 11.7 Å². The van der Waals surface area contributed by atoms with Gasteiger partial charge >= 0.3 is 0 Å². The van der Waals surface area contributed by atoms with Gasteiger partial charge in [-0.25, -0.2) is 9.37 Å². The average molecular weight is 470 g/mol. The molecule has 8 heteroatoms. The number of carbonyl (C=O) groups excluding carboxylic acids is 2. The van der Waals surface area contributed by atoms with Crippen molar-refractivity contribution >= 4 is 17.5 Å². The van der Waals surface area contributed by atoms with Crippen LogP contribution in [0.5, 0.6) is 0 Å². The first-order chi connectivity index (χ1) is 17.0. The molecule has 0 saturated heterocycles. The zero-order chi connectivity index (χ0) is 24.2. The Labute approximate surface area is 201 Å². The second-order valence-corrected chi connectivity index (χ2v) is 9.32. The topological polar surface area (TPSA) is 88.4 Å². The molecule has 3 aromatic heterocycles. The molecule has 2 N–H and O–H groups in total. The Morgan fingerprint density at radius 2 is 1.89 bits per heavy atom. The third-order valence-electron chi connectivity index (χ3n) is 7.02. The quantitative estimate of drug-likeness (QED) is 0.450. The van der Waals surface area contributed by atoms with Gasteiger partial charge in [0, 0.05) is 30.9 Å². The van der Waals surface area contributed by atoms with Gasteiger partial charge in [0.05, 0.1) is 11.2 Å². The number of hydrogen-bond donors (Lipinski definition) is 2. The normalized spacial score (nSPS) is 19.8. The van der Waals surface area contributed by atoms with Crippen molar-refractivity contribution in [2.24, 2.45) is 5.92 Å². The molecule has 4 aromatic rings. The minimum absolute atomic E-state index is 0.0439. The van der Waals surface area contributed by atoms with E-state index in [4.69, 9.17) is 0 Å². The predicted octanol–water partition coefficient (Wildman–Crippen LogP) is 3.80. The van der Waals surface area contributed by atoms with Crippen LogP contribution in [0.2, 0.25) is 0 Å². The highest BCUT2D eigenvalue weighted by molar-refractivity contribution is 5.99. The fourth-order valence-corrected chi connectivity index (χ4v) is 4.82. The van der Waals surface area contributed by atoms with Crippen molar-refractivity contribution in [3.8, 4) is 11.3 Å². The van der Waals surface area contributed by atoms with E-state index in [1.165, 1.54) is 12.1 Å². The number of amides is 2. The van der Waals surface area contributed by atoms with Gasteiger partial charge in [0.25, 0.3) is 5.91 Å². The maximum atomic E-state index is 13.4. The van der Waals surface area contributed by atoms with Crippen LogP contribution in [-0.2, 0) is 10.3 Å². The second-order valence-electron chi connectivity index (χ2n) is 9.32. The molecule has 0 bridgehead atoms. The third-order valence-corrected chi connectivity index (χ3v) is 7.02. The van der Waals surface area contributed by atoms with E-state index in [0.717, 1.165) is 30.5 Å². The number of nitrogens with zero attached hydrogens (tertiary/aromatic N) is 3. The van der Waals surface area contributed by atoms with E-state index in [9.17, 15) is 14.0 Å². The number of benzene rings is 1. The SMILES string of the molecule is CNC(=O)c1c(-c2ccc(F)cc2)nc2ccc([C@H]3C[C@H]3C(=O)NC3(c4ccccn4)CC3)cn12. The van der Waals surface area contributed by atoms with Crippen LogP contribution in [0.1, 0.15) is 46.9 Å². The second kappa shape index (κ2) is 8.01. The van der Waals surface area contributed by atoms with E-state index in [-0.39, 0.29) is 35.0 Å². The number of pyridine rings is 2. The molecule has 2 fully saturated rings. The molecule has 7 nitrogen and oxygen atoms in total. The lowest BCUT2D eigenvalue weighted by molar-refractivity contribution is -0.123. The van der Waals surface area contributed by atoms with Gasteiger partial charge < -0.3 is 10.6 Å². The predicted molar refractivity (Wildman–Crippen MR) is 128 cm³/mol. The van der Waals surface area contributed by atoms with Crippen LogP contribution in [0.4, 0.5) is 4.39 Å². The van der Waals surface area contributed by atoms with Gasteiger partial charge in [-0.2, -0.15) is 0 Å². The highest BCUT2D eigenvalue weighted by atomic mass is 19.1. The molecule has 0 aliphatic heterocycles. The van der Waals surface area contributed by atoms with Gasteiger partial charge in [-0.1, -0.05) is 12.1 Å². The summed E-state index contributed by atoms with van der Waals surface area (Å²) in [5.41, 5.74) is 3.68. The summed E-state index contributed by atoms with van der Waals surface area (Å²) in [7, 11) is 1.57. The van der Waals surface area contributed by atoms with Crippen LogP contribution < -0.4 is 10.6 Å². The Hall–Kier alpha value is -4.07. The number of fused-ring (bicyclic) bond motifs is 1. The van der Waals surface area contributed by atoms with Crippen molar-refractivity contribution in [1.29, 1.82) is 0 Å². The van der Waals surface area contributed by atoms with Crippen molar-refractivity contribution in [3.63, 3.8) is 0 Å². The summed E-state index contributed by atoms with van der Waals surface area (Å²) in [5.74, 6) is -0.631. The first-order valence-electron chi connectivity index (χ1n) is 11.7. The zero-order valence-corrected chi connectivity index (χ0v) is 19.2. The van der Waals surface area contributed by atoms with Crippen LogP contribution in [0.3, 0.4) is 0 Å². The summed E-state index contributed by atoms with van der Waals surface area (Å²) in [6.45, 7) is 0. The van der Waals surface area contributed by atoms with Gasteiger partial charge in [-0.15, -0.1) is 0 Å².